The first-order chi connectivity index (χ1) is 10.6. The molecule has 6 nitrogen and oxygen atoms in total. The van der Waals surface area contributed by atoms with Gasteiger partial charge >= 0.3 is 5.97 Å². The lowest BCUT2D eigenvalue weighted by molar-refractivity contribution is 0.0696. The molecular weight excluding hydrogens is 282 g/mol. The molecule has 1 heterocycles. The van der Waals surface area contributed by atoms with E-state index in [-0.39, 0.29) is 5.56 Å². The summed E-state index contributed by atoms with van der Waals surface area (Å²) < 4.78 is 5.58. The molecule has 0 unspecified atom stereocenters. The standard InChI is InChI=1S/C16H17N3O3/c1-10-4-12(16(20)21)6-13(5-10)22-15-9-18-14(8-19-15)17-7-11-2-3-11/h4-6,8-9,11H,2-3,7H2,1H3,(H,17,18)(H,20,21). The van der Waals surface area contributed by atoms with E-state index >= 15 is 0 Å². The Kier molecular flexibility index (Phi) is 3.91. The summed E-state index contributed by atoms with van der Waals surface area (Å²) in [6.07, 6.45) is 5.70. The van der Waals surface area contributed by atoms with Crippen LogP contribution < -0.4 is 10.1 Å². The molecule has 1 saturated carbocycles. The fourth-order valence-corrected chi connectivity index (χ4v) is 2.08. The molecule has 3 rings (SSSR count). The Labute approximate surface area is 128 Å². The first kappa shape index (κ1) is 14.3. The number of hydrogen-bond acceptors (Lipinski definition) is 5. The minimum atomic E-state index is -0.987. The highest BCUT2D eigenvalue weighted by molar-refractivity contribution is 5.88. The molecule has 0 bridgehead atoms. The molecule has 1 aliphatic rings. The van der Waals surface area contributed by atoms with Crippen molar-refractivity contribution >= 4 is 11.8 Å². The number of aromatic nitrogens is 2. The molecule has 0 amide bonds. The average Bonchev–Trinajstić information content (AvgIpc) is 3.30. The maximum absolute atomic E-state index is 11.0. The monoisotopic (exact) mass is 299 g/mol. The van der Waals surface area contributed by atoms with Crippen molar-refractivity contribution in [2.75, 3.05) is 11.9 Å². The molecule has 1 aromatic carbocycles. The van der Waals surface area contributed by atoms with Crippen LogP contribution in [-0.4, -0.2) is 27.6 Å². The fourth-order valence-electron chi connectivity index (χ4n) is 2.08. The van der Waals surface area contributed by atoms with Crippen molar-refractivity contribution in [3.05, 3.63) is 41.7 Å². The van der Waals surface area contributed by atoms with Gasteiger partial charge in [0.15, 0.2) is 0 Å². The third-order valence-electron chi connectivity index (χ3n) is 3.42. The van der Waals surface area contributed by atoms with E-state index in [2.05, 4.69) is 15.3 Å². The van der Waals surface area contributed by atoms with Crippen LogP contribution in [0.4, 0.5) is 5.82 Å². The number of aryl methyl sites for hydroxylation is 1. The summed E-state index contributed by atoms with van der Waals surface area (Å²) in [7, 11) is 0. The molecular formula is C16H17N3O3. The van der Waals surface area contributed by atoms with E-state index in [1.165, 1.54) is 25.1 Å². The Hall–Kier alpha value is -2.63. The molecule has 1 aliphatic carbocycles. The number of aromatic carboxylic acids is 1. The number of anilines is 1. The van der Waals surface area contributed by atoms with E-state index in [0.29, 0.717) is 11.6 Å². The average molecular weight is 299 g/mol. The quantitative estimate of drug-likeness (QED) is 0.852. The zero-order chi connectivity index (χ0) is 15.5. The normalized spacial score (nSPS) is 13.7. The second kappa shape index (κ2) is 6.01. The van der Waals surface area contributed by atoms with Crippen LogP contribution in [0.15, 0.2) is 30.6 Å². The van der Waals surface area contributed by atoms with E-state index in [4.69, 9.17) is 9.84 Å². The molecule has 0 atom stereocenters. The van der Waals surface area contributed by atoms with Gasteiger partial charge in [0.1, 0.15) is 11.6 Å². The van der Waals surface area contributed by atoms with Gasteiger partial charge in [0.2, 0.25) is 5.88 Å². The summed E-state index contributed by atoms with van der Waals surface area (Å²) in [5.74, 6) is 1.26. The molecule has 114 valence electrons. The fraction of sp³-hybridized carbons (Fsp3) is 0.312. The van der Waals surface area contributed by atoms with Gasteiger partial charge in [0.25, 0.3) is 0 Å². The predicted octanol–water partition coefficient (Wildman–Crippen LogP) is 3.10. The van der Waals surface area contributed by atoms with Gasteiger partial charge in [-0.25, -0.2) is 14.8 Å². The molecule has 6 heteroatoms. The number of carboxylic acids is 1. The highest BCUT2D eigenvalue weighted by atomic mass is 16.5. The van der Waals surface area contributed by atoms with Crippen molar-refractivity contribution in [3.63, 3.8) is 0 Å². The van der Waals surface area contributed by atoms with Gasteiger partial charge in [-0.15, -0.1) is 0 Å². The van der Waals surface area contributed by atoms with Crippen molar-refractivity contribution in [2.45, 2.75) is 19.8 Å². The number of rotatable bonds is 6. The van der Waals surface area contributed by atoms with E-state index < -0.39 is 5.97 Å². The number of ether oxygens (including phenoxy) is 1. The minimum Gasteiger partial charge on any atom is -0.478 e. The Morgan fingerprint density at radius 2 is 2.14 bits per heavy atom. The largest absolute Gasteiger partial charge is 0.478 e. The van der Waals surface area contributed by atoms with Gasteiger partial charge in [-0.2, -0.15) is 0 Å². The van der Waals surface area contributed by atoms with E-state index in [0.717, 1.165) is 23.8 Å². The molecule has 1 aromatic heterocycles. The Morgan fingerprint density at radius 1 is 1.32 bits per heavy atom. The van der Waals surface area contributed by atoms with Crippen LogP contribution in [0.1, 0.15) is 28.8 Å². The lowest BCUT2D eigenvalue weighted by Crippen LogP contribution is -2.05. The summed E-state index contributed by atoms with van der Waals surface area (Å²) in [6.45, 7) is 2.74. The maximum Gasteiger partial charge on any atom is 0.335 e. The van der Waals surface area contributed by atoms with E-state index in [9.17, 15) is 4.79 Å². The molecule has 2 N–H and O–H groups in total. The lowest BCUT2D eigenvalue weighted by atomic mass is 10.1. The molecule has 0 radical (unpaired) electrons. The van der Waals surface area contributed by atoms with Gasteiger partial charge < -0.3 is 15.2 Å². The van der Waals surface area contributed by atoms with Crippen molar-refractivity contribution < 1.29 is 14.6 Å². The molecule has 2 aromatic rings. The highest BCUT2D eigenvalue weighted by Crippen LogP contribution is 2.28. The molecule has 1 fully saturated rings. The molecule has 0 saturated heterocycles. The number of nitrogens with zero attached hydrogens (tertiary/aromatic N) is 2. The second-order valence-electron chi connectivity index (χ2n) is 5.51. The number of hydrogen-bond donors (Lipinski definition) is 2. The van der Waals surface area contributed by atoms with Crippen molar-refractivity contribution in [2.24, 2.45) is 5.92 Å². The summed E-state index contributed by atoms with van der Waals surface area (Å²) in [5.41, 5.74) is 0.997. The van der Waals surface area contributed by atoms with Gasteiger partial charge in [-0.3, -0.25) is 0 Å². The summed E-state index contributed by atoms with van der Waals surface area (Å²) in [5, 5.41) is 12.3. The first-order valence-corrected chi connectivity index (χ1v) is 7.19. The number of carboxylic acid groups (broad SMARTS) is 1. The Balaban J connectivity index is 1.68. The lowest BCUT2D eigenvalue weighted by Gasteiger charge is -2.08. The molecule has 0 spiro atoms. The van der Waals surface area contributed by atoms with Gasteiger partial charge in [0, 0.05) is 6.54 Å². The summed E-state index contributed by atoms with van der Waals surface area (Å²) in [6, 6.07) is 4.81. The zero-order valence-corrected chi connectivity index (χ0v) is 12.2. The number of benzene rings is 1. The van der Waals surface area contributed by atoms with E-state index in [1.54, 1.807) is 18.3 Å². The summed E-state index contributed by atoms with van der Waals surface area (Å²) >= 11 is 0. The summed E-state index contributed by atoms with van der Waals surface area (Å²) in [4.78, 5) is 19.5. The number of nitrogens with one attached hydrogen (secondary N) is 1. The van der Waals surface area contributed by atoms with Crippen LogP contribution in [0.3, 0.4) is 0 Å². The SMILES string of the molecule is Cc1cc(Oc2cnc(NCC3CC3)cn2)cc(C(=O)O)c1. The molecule has 0 aliphatic heterocycles. The van der Waals surface area contributed by atoms with Gasteiger partial charge in [0.05, 0.1) is 18.0 Å². The highest BCUT2D eigenvalue weighted by Gasteiger charge is 2.20. The smallest absolute Gasteiger partial charge is 0.335 e. The maximum atomic E-state index is 11.0. The molecule has 22 heavy (non-hydrogen) atoms. The van der Waals surface area contributed by atoms with Gasteiger partial charge in [-0.05, 0) is 49.4 Å². The third-order valence-corrected chi connectivity index (χ3v) is 3.42. The minimum absolute atomic E-state index is 0.186. The van der Waals surface area contributed by atoms with E-state index in [1.807, 2.05) is 6.92 Å². The van der Waals surface area contributed by atoms with Crippen molar-refractivity contribution in [1.29, 1.82) is 0 Å². The third kappa shape index (κ3) is 3.72. The van der Waals surface area contributed by atoms with Crippen molar-refractivity contribution in [1.82, 2.24) is 9.97 Å². The predicted molar refractivity (Wildman–Crippen MR) is 81.5 cm³/mol. The van der Waals surface area contributed by atoms with Crippen LogP contribution >= 0.6 is 0 Å². The first-order valence-electron chi connectivity index (χ1n) is 7.19. The van der Waals surface area contributed by atoms with Crippen LogP contribution in [0, 0.1) is 12.8 Å². The van der Waals surface area contributed by atoms with Gasteiger partial charge in [-0.1, -0.05) is 0 Å². The van der Waals surface area contributed by atoms with Crippen molar-refractivity contribution in [3.8, 4) is 11.6 Å². The zero-order valence-electron chi connectivity index (χ0n) is 12.2. The Bertz CT molecular complexity index is 682. The van der Waals surface area contributed by atoms with Crippen LogP contribution in [0.2, 0.25) is 0 Å². The number of carbonyl (C=O) groups is 1. The topological polar surface area (TPSA) is 84.3 Å². The van der Waals surface area contributed by atoms with Crippen LogP contribution in [0.25, 0.3) is 0 Å². The van der Waals surface area contributed by atoms with Crippen LogP contribution in [0.5, 0.6) is 11.6 Å². The Morgan fingerprint density at radius 3 is 2.77 bits per heavy atom. The second-order valence-corrected chi connectivity index (χ2v) is 5.51. The van der Waals surface area contributed by atoms with Crippen LogP contribution in [-0.2, 0) is 0 Å².